The number of hydrogen-bond acceptors (Lipinski definition) is 1. The van der Waals surface area contributed by atoms with Crippen molar-refractivity contribution in [2.24, 2.45) is 5.64 Å². The van der Waals surface area contributed by atoms with Crippen LogP contribution >= 0.6 is 0 Å². The van der Waals surface area contributed by atoms with E-state index in [1.807, 2.05) is 0 Å². The summed E-state index contributed by atoms with van der Waals surface area (Å²) in [6.45, 7) is 0.565. The molecule has 1 aliphatic rings. The van der Waals surface area contributed by atoms with E-state index in [1.54, 1.807) is 0 Å². The molecule has 1 aliphatic heterocycles. The summed E-state index contributed by atoms with van der Waals surface area (Å²) in [5, 5.41) is 0. The molecule has 0 aliphatic carbocycles. The lowest BCUT2D eigenvalue weighted by Crippen LogP contribution is -2.31. The molecule has 0 atom stereocenters. The molecule has 0 unspecified atom stereocenters. The van der Waals surface area contributed by atoms with Crippen LogP contribution in [0.3, 0.4) is 0 Å². The van der Waals surface area contributed by atoms with Crippen molar-refractivity contribution in [3.05, 3.63) is 0 Å². The molecule has 7 heavy (non-hydrogen) atoms. The molecular formula is C5H16BN. The summed E-state index contributed by atoms with van der Waals surface area (Å²) in [4.78, 5) is 0. The molecule has 0 spiro atoms. The lowest BCUT2D eigenvalue weighted by atomic mass is 9.46. The first-order valence-corrected chi connectivity index (χ1v) is 2.15. The van der Waals surface area contributed by atoms with Crippen LogP contribution in [0.1, 0.15) is 21.3 Å². The summed E-state index contributed by atoms with van der Waals surface area (Å²) in [5.74, 6) is 0. The SMILES string of the molecule is C.C.NB1CCC1. The molecule has 0 aromatic heterocycles. The zero-order valence-corrected chi connectivity index (χ0v) is 3.28. The van der Waals surface area contributed by atoms with Crippen LogP contribution in [0.4, 0.5) is 0 Å². The van der Waals surface area contributed by atoms with Crippen LogP contribution in [-0.4, -0.2) is 6.85 Å². The van der Waals surface area contributed by atoms with Crippen molar-refractivity contribution in [3.8, 4) is 0 Å². The van der Waals surface area contributed by atoms with Crippen molar-refractivity contribution in [1.29, 1.82) is 0 Å². The van der Waals surface area contributed by atoms with Gasteiger partial charge >= 0.3 is 0 Å². The fourth-order valence-electron chi connectivity index (χ4n) is 0.440. The zero-order valence-electron chi connectivity index (χ0n) is 3.28. The second kappa shape index (κ2) is 4.19. The Labute approximate surface area is 47.4 Å². The van der Waals surface area contributed by atoms with Gasteiger partial charge in [-0.05, 0) is 0 Å². The summed E-state index contributed by atoms with van der Waals surface area (Å²) >= 11 is 0. The van der Waals surface area contributed by atoms with E-state index in [0.717, 1.165) is 0 Å². The van der Waals surface area contributed by atoms with E-state index in [0.29, 0.717) is 6.85 Å². The maximum absolute atomic E-state index is 5.38. The minimum absolute atomic E-state index is 0. The average Bonchev–Trinajstić information content (AvgIpc) is 1.30. The third-order valence-electron chi connectivity index (χ3n) is 1.15. The predicted octanol–water partition coefficient (Wildman–Crippen LogP) is 1.61. The van der Waals surface area contributed by atoms with Crippen LogP contribution < -0.4 is 5.64 Å². The van der Waals surface area contributed by atoms with Crippen molar-refractivity contribution >= 4 is 6.85 Å². The van der Waals surface area contributed by atoms with Gasteiger partial charge in [-0.25, -0.2) is 0 Å². The van der Waals surface area contributed by atoms with Crippen molar-refractivity contribution in [3.63, 3.8) is 0 Å². The Morgan fingerprint density at radius 2 is 1.43 bits per heavy atom. The van der Waals surface area contributed by atoms with Gasteiger partial charge in [0.25, 0.3) is 0 Å². The normalized spacial score (nSPS) is 15.9. The molecule has 0 aromatic rings. The standard InChI is InChI=1S/C3H8BN.2CH4/c5-4-2-1-3-4;;/h1-3,5H2;2*1H4. The highest BCUT2D eigenvalue weighted by Crippen LogP contribution is 2.13. The van der Waals surface area contributed by atoms with Crippen LogP contribution in [0.25, 0.3) is 0 Å². The fraction of sp³-hybridized carbons (Fsp3) is 1.00. The fourth-order valence-corrected chi connectivity index (χ4v) is 0.440. The van der Waals surface area contributed by atoms with Gasteiger partial charge < -0.3 is 5.64 Å². The summed E-state index contributed by atoms with van der Waals surface area (Å²) in [6, 6.07) is 0. The van der Waals surface area contributed by atoms with Gasteiger partial charge in [-0.2, -0.15) is 0 Å². The van der Waals surface area contributed by atoms with Crippen molar-refractivity contribution in [2.75, 3.05) is 0 Å². The van der Waals surface area contributed by atoms with Crippen LogP contribution in [-0.2, 0) is 0 Å². The van der Waals surface area contributed by atoms with E-state index < -0.39 is 0 Å². The topological polar surface area (TPSA) is 26.0 Å². The van der Waals surface area contributed by atoms with Gasteiger partial charge in [-0.15, -0.1) is 0 Å². The monoisotopic (exact) mass is 101 g/mol. The highest BCUT2D eigenvalue weighted by molar-refractivity contribution is 6.58. The van der Waals surface area contributed by atoms with Crippen LogP contribution in [0.5, 0.6) is 0 Å². The van der Waals surface area contributed by atoms with Crippen LogP contribution in [0.2, 0.25) is 12.6 Å². The smallest absolute Gasteiger partial charge is 0.217 e. The lowest BCUT2D eigenvalue weighted by Gasteiger charge is -2.14. The molecule has 1 saturated heterocycles. The predicted molar refractivity (Wildman–Crippen MR) is 37.6 cm³/mol. The molecule has 2 N–H and O–H groups in total. The average molecular weight is 101 g/mol. The molecule has 2 heteroatoms. The first-order chi connectivity index (χ1) is 2.39. The second-order valence-corrected chi connectivity index (χ2v) is 1.69. The van der Waals surface area contributed by atoms with Gasteiger partial charge in [0.05, 0.1) is 0 Å². The van der Waals surface area contributed by atoms with E-state index in [-0.39, 0.29) is 14.9 Å². The van der Waals surface area contributed by atoms with Gasteiger partial charge in [0.2, 0.25) is 6.85 Å². The molecular weight excluding hydrogens is 84.9 g/mol. The quantitative estimate of drug-likeness (QED) is 0.461. The van der Waals surface area contributed by atoms with Gasteiger partial charge in [-0.1, -0.05) is 33.9 Å². The van der Waals surface area contributed by atoms with E-state index in [9.17, 15) is 0 Å². The van der Waals surface area contributed by atoms with Crippen LogP contribution in [0, 0.1) is 0 Å². The Bertz CT molecular complexity index is 35.1. The van der Waals surface area contributed by atoms with Crippen molar-refractivity contribution < 1.29 is 0 Å². The third-order valence-corrected chi connectivity index (χ3v) is 1.15. The third kappa shape index (κ3) is 2.69. The maximum atomic E-state index is 5.38. The number of nitrogens with two attached hydrogens (primary N) is 1. The van der Waals surface area contributed by atoms with E-state index >= 15 is 0 Å². The molecule has 1 rings (SSSR count). The number of hydrogen-bond donors (Lipinski definition) is 1. The Morgan fingerprint density at radius 1 is 1.14 bits per heavy atom. The highest BCUT2D eigenvalue weighted by Gasteiger charge is 2.15. The molecule has 44 valence electrons. The van der Waals surface area contributed by atoms with Gasteiger partial charge in [0.15, 0.2) is 0 Å². The molecule has 0 bridgehead atoms. The van der Waals surface area contributed by atoms with E-state index in [2.05, 4.69) is 0 Å². The van der Waals surface area contributed by atoms with E-state index in [1.165, 1.54) is 19.1 Å². The van der Waals surface area contributed by atoms with Gasteiger partial charge in [0.1, 0.15) is 0 Å². The van der Waals surface area contributed by atoms with Crippen molar-refractivity contribution in [1.82, 2.24) is 0 Å². The summed E-state index contributed by atoms with van der Waals surface area (Å²) in [7, 11) is 0. The van der Waals surface area contributed by atoms with E-state index in [4.69, 9.17) is 5.64 Å². The maximum Gasteiger partial charge on any atom is 0.217 e. The molecule has 0 saturated carbocycles. The Hall–Kier alpha value is 0.0249. The lowest BCUT2D eigenvalue weighted by molar-refractivity contribution is 0.931. The summed E-state index contributed by atoms with van der Waals surface area (Å²) < 4.78 is 0. The molecule has 1 heterocycles. The second-order valence-electron chi connectivity index (χ2n) is 1.69. The summed E-state index contributed by atoms with van der Waals surface area (Å²) in [6.07, 6.45) is 3.89. The number of rotatable bonds is 0. The Kier molecular flexibility index (Phi) is 6.05. The molecule has 0 amide bonds. The Morgan fingerprint density at radius 3 is 1.43 bits per heavy atom. The molecule has 0 aromatic carbocycles. The van der Waals surface area contributed by atoms with Crippen LogP contribution in [0.15, 0.2) is 0 Å². The van der Waals surface area contributed by atoms with Crippen molar-refractivity contribution in [2.45, 2.75) is 33.9 Å². The zero-order chi connectivity index (χ0) is 3.70. The highest BCUT2D eigenvalue weighted by atomic mass is 14.4. The molecule has 1 nitrogen and oxygen atoms in total. The Balaban J connectivity index is 0. The van der Waals surface area contributed by atoms with Gasteiger partial charge in [-0.3, -0.25) is 0 Å². The first kappa shape index (κ1) is 10.1. The molecule has 1 fully saturated rings. The molecule has 0 radical (unpaired) electrons. The minimum atomic E-state index is 0. The minimum Gasteiger partial charge on any atom is -0.370 e. The largest absolute Gasteiger partial charge is 0.370 e. The first-order valence-electron chi connectivity index (χ1n) is 2.15. The summed E-state index contributed by atoms with van der Waals surface area (Å²) in [5.41, 5.74) is 5.38. The van der Waals surface area contributed by atoms with Gasteiger partial charge in [0, 0.05) is 0 Å².